The van der Waals surface area contributed by atoms with E-state index in [-0.39, 0.29) is 0 Å². The zero-order valence-electron chi connectivity index (χ0n) is 15.2. The first kappa shape index (κ1) is 16.7. The molecular formula is C23H14N2O2S2. The zero-order chi connectivity index (χ0) is 19.2. The lowest BCUT2D eigenvalue weighted by atomic mass is 10.0. The van der Waals surface area contributed by atoms with Crippen LogP contribution in [-0.2, 0) is 6.42 Å². The zero-order valence-corrected chi connectivity index (χ0v) is 16.8. The molecule has 0 fully saturated rings. The number of fused-ring (bicyclic) bond motifs is 2. The molecule has 4 aromatic heterocycles. The Labute approximate surface area is 174 Å². The predicted octanol–water partition coefficient (Wildman–Crippen LogP) is 7.02. The van der Waals surface area contributed by atoms with Crippen molar-refractivity contribution < 1.29 is 8.83 Å². The van der Waals surface area contributed by atoms with Crippen LogP contribution in [0.25, 0.3) is 43.7 Å². The van der Waals surface area contributed by atoms with Gasteiger partial charge in [-0.1, -0.05) is 24.3 Å². The van der Waals surface area contributed by atoms with Gasteiger partial charge in [0.15, 0.2) is 11.2 Å². The Bertz CT molecular complexity index is 1320. The average Bonchev–Trinajstić information content (AvgIpc) is 3.53. The molecule has 0 spiro atoms. The molecule has 140 valence electrons. The van der Waals surface area contributed by atoms with Gasteiger partial charge in [0.1, 0.15) is 11.0 Å². The molecule has 0 saturated heterocycles. The average molecular weight is 415 g/mol. The summed E-state index contributed by atoms with van der Waals surface area (Å²) >= 11 is 3.26. The van der Waals surface area contributed by atoms with E-state index >= 15 is 0 Å². The van der Waals surface area contributed by atoms with E-state index in [1.165, 1.54) is 11.1 Å². The molecule has 0 aliphatic rings. The van der Waals surface area contributed by atoms with Crippen LogP contribution in [-0.4, -0.2) is 9.97 Å². The van der Waals surface area contributed by atoms with Crippen molar-refractivity contribution in [1.82, 2.24) is 9.97 Å². The predicted molar refractivity (Wildman–Crippen MR) is 117 cm³/mol. The molecule has 6 rings (SSSR count). The van der Waals surface area contributed by atoms with Crippen molar-refractivity contribution in [2.45, 2.75) is 6.42 Å². The number of oxazole rings is 2. The van der Waals surface area contributed by atoms with Gasteiger partial charge in [0.25, 0.3) is 0 Å². The normalized spacial score (nSPS) is 11.6. The van der Waals surface area contributed by atoms with E-state index < -0.39 is 0 Å². The van der Waals surface area contributed by atoms with Crippen molar-refractivity contribution in [2.75, 3.05) is 0 Å². The maximum absolute atomic E-state index is 5.98. The van der Waals surface area contributed by atoms with Gasteiger partial charge in [0.2, 0.25) is 11.8 Å². The summed E-state index contributed by atoms with van der Waals surface area (Å²) in [6.07, 6.45) is 0.794. The number of aromatic nitrogens is 2. The van der Waals surface area contributed by atoms with Gasteiger partial charge < -0.3 is 8.83 Å². The summed E-state index contributed by atoms with van der Waals surface area (Å²) in [5.41, 5.74) is 5.74. The maximum Gasteiger partial charge on any atom is 0.237 e. The Kier molecular flexibility index (Phi) is 3.85. The standard InChI is InChI=1S/C23H14N2O2S2/c1-3-20(28-9-1)22-24-16-7-5-15(13-19(16)27-22)11-14-6-8-18-17(12-14)25-23(26-18)21-4-2-10-29-21/h1-10,12-13H,11H2. The van der Waals surface area contributed by atoms with Crippen molar-refractivity contribution in [3.63, 3.8) is 0 Å². The van der Waals surface area contributed by atoms with Crippen LogP contribution in [0.5, 0.6) is 0 Å². The number of hydrogen-bond donors (Lipinski definition) is 0. The fourth-order valence-electron chi connectivity index (χ4n) is 3.41. The molecule has 29 heavy (non-hydrogen) atoms. The van der Waals surface area contributed by atoms with Gasteiger partial charge >= 0.3 is 0 Å². The second kappa shape index (κ2) is 6.69. The van der Waals surface area contributed by atoms with Crippen molar-refractivity contribution >= 4 is 44.9 Å². The Hall–Kier alpha value is -3.22. The van der Waals surface area contributed by atoms with Crippen LogP contribution in [0.3, 0.4) is 0 Å². The Morgan fingerprint density at radius 1 is 0.655 bits per heavy atom. The molecule has 0 N–H and O–H groups in total. The monoisotopic (exact) mass is 414 g/mol. The van der Waals surface area contributed by atoms with E-state index in [2.05, 4.69) is 34.2 Å². The van der Waals surface area contributed by atoms with Gasteiger partial charge in [0.05, 0.1) is 9.75 Å². The molecule has 0 radical (unpaired) electrons. The number of thiophene rings is 2. The first-order chi connectivity index (χ1) is 14.3. The van der Waals surface area contributed by atoms with Crippen LogP contribution in [0.4, 0.5) is 0 Å². The first-order valence-electron chi connectivity index (χ1n) is 9.18. The highest BCUT2D eigenvalue weighted by Gasteiger charge is 2.12. The smallest absolute Gasteiger partial charge is 0.237 e. The Morgan fingerprint density at radius 2 is 1.31 bits per heavy atom. The molecule has 0 aliphatic heterocycles. The molecule has 2 aromatic carbocycles. The van der Waals surface area contributed by atoms with Crippen LogP contribution in [0, 0.1) is 0 Å². The van der Waals surface area contributed by atoms with Crippen LogP contribution in [0.2, 0.25) is 0 Å². The lowest BCUT2D eigenvalue weighted by Gasteiger charge is -2.01. The largest absolute Gasteiger partial charge is 0.435 e. The summed E-state index contributed by atoms with van der Waals surface area (Å²) in [5, 5.41) is 4.05. The van der Waals surface area contributed by atoms with E-state index in [1.807, 2.05) is 47.2 Å². The third-order valence-electron chi connectivity index (χ3n) is 4.78. The van der Waals surface area contributed by atoms with E-state index in [9.17, 15) is 0 Å². The van der Waals surface area contributed by atoms with Crippen molar-refractivity contribution in [2.24, 2.45) is 0 Å². The summed E-state index contributed by atoms with van der Waals surface area (Å²) < 4.78 is 11.9. The molecule has 0 amide bonds. The fourth-order valence-corrected chi connectivity index (χ4v) is 4.71. The SMILES string of the molecule is c1csc(-c2nc3cc(Cc4ccc5nc(-c6cccs6)oc5c4)ccc3o2)c1. The minimum absolute atomic E-state index is 0.677. The Balaban J connectivity index is 1.31. The van der Waals surface area contributed by atoms with E-state index in [0.29, 0.717) is 11.8 Å². The quantitative estimate of drug-likeness (QED) is 0.311. The van der Waals surface area contributed by atoms with Crippen molar-refractivity contribution in [3.05, 3.63) is 82.6 Å². The van der Waals surface area contributed by atoms with Crippen LogP contribution < -0.4 is 0 Å². The van der Waals surface area contributed by atoms with Gasteiger partial charge in [-0.05, 0) is 64.7 Å². The number of benzene rings is 2. The minimum atomic E-state index is 0.677. The maximum atomic E-state index is 5.98. The molecule has 0 atom stereocenters. The summed E-state index contributed by atoms with van der Waals surface area (Å²) in [6.45, 7) is 0. The number of rotatable bonds is 4. The van der Waals surface area contributed by atoms with Crippen molar-refractivity contribution in [3.8, 4) is 21.5 Å². The Morgan fingerprint density at radius 3 is 2.03 bits per heavy atom. The summed E-state index contributed by atoms with van der Waals surface area (Å²) in [5.74, 6) is 1.36. The lowest BCUT2D eigenvalue weighted by Crippen LogP contribution is -1.88. The molecule has 4 nitrogen and oxygen atoms in total. The molecule has 4 heterocycles. The highest BCUT2D eigenvalue weighted by molar-refractivity contribution is 7.13. The molecule has 0 saturated carbocycles. The molecular weight excluding hydrogens is 400 g/mol. The van der Waals surface area contributed by atoms with Crippen LogP contribution >= 0.6 is 22.7 Å². The van der Waals surface area contributed by atoms with Gasteiger partial charge in [-0.2, -0.15) is 0 Å². The highest BCUT2D eigenvalue weighted by atomic mass is 32.1. The second-order valence-electron chi connectivity index (χ2n) is 6.77. The summed E-state index contributed by atoms with van der Waals surface area (Å²) in [6, 6.07) is 20.4. The number of hydrogen-bond acceptors (Lipinski definition) is 6. The lowest BCUT2D eigenvalue weighted by molar-refractivity contribution is 0.621. The topological polar surface area (TPSA) is 52.1 Å². The van der Waals surface area contributed by atoms with Crippen LogP contribution in [0.1, 0.15) is 11.1 Å². The van der Waals surface area contributed by atoms with Gasteiger partial charge in [-0.3, -0.25) is 0 Å². The summed E-state index contributed by atoms with van der Waals surface area (Å²) in [7, 11) is 0. The molecule has 6 aromatic rings. The highest BCUT2D eigenvalue weighted by Crippen LogP contribution is 2.30. The van der Waals surface area contributed by atoms with Gasteiger partial charge in [-0.15, -0.1) is 22.7 Å². The third kappa shape index (κ3) is 3.06. The first-order valence-corrected chi connectivity index (χ1v) is 10.9. The van der Waals surface area contributed by atoms with E-state index in [0.717, 1.165) is 38.4 Å². The molecule has 0 aliphatic carbocycles. The van der Waals surface area contributed by atoms with E-state index in [1.54, 1.807) is 22.7 Å². The fraction of sp³-hybridized carbons (Fsp3) is 0.0435. The van der Waals surface area contributed by atoms with Gasteiger partial charge in [-0.25, -0.2) is 9.97 Å². The van der Waals surface area contributed by atoms with Crippen LogP contribution in [0.15, 0.2) is 80.3 Å². The second-order valence-corrected chi connectivity index (χ2v) is 8.67. The number of nitrogens with zero attached hydrogens (tertiary/aromatic N) is 2. The third-order valence-corrected chi connectivity index (χ3v) is 6.49. The van der Waals surface area contributed by atoms with Crippen molar-refractivity contribution in [1.29, 1.82) is 0 Å². The van der Waals surface area contributed by atoms with Gasteiger partial charge in [0, 0.05) is 0 Å². The molecule has 0 bridgehead atoms. The minimum Gasteiger partial charge on any atom is -0.435 e. The van der Waals surface area contributed by atoms with E-state index in [4.69, 9.17) is 8.83 Å². The molecule has 6 heteroatoms. The molecule has 0 unspecified atom stereocenters. The summed E-state index contributed by atoms with van der Waals surface area (Å²) in [4.78, 5) is 11.3.